The fourth-order valence-electron chi connectivity index (χ4n) is 7.23. The molecule has 0 saturated heterocycles. The molecule has 7 rings (SSSR count). The van der Waals surface area contributed by atoms with E-state index in [1.54, 1.807) is 12.1 Å². The Bertz CT molecular complexity index is 2070. The van der Waals surface area contributed by atoms with Crippen molar-refractivity contribution in [2.75, 3.05) is 44.8 Å². The molecular weight excluding hydrogens is 660 g/mol. The summed E-state index contributed by atoms with van der Waals surface area (Å²) < 4.78 is 26.4. The molecule has 3 aromatic rings. The molecule has 1 unspecified atom stereocenters. The molecule has 4 aliphatic heterocycles. The van der Waals surface area contributed by atoms with Gasteiger partial charge < -0.3 is 33.2 Å². The van der Waals surface area contributed by atoms with Gasteiger partial charge in [-0.15, -0.1) is 0 Å². The van der Waals surface area contributed by atoms with Crippen molar-refractivity contribution in [2.24, 2.45) is 5.92 Å². The van der Waals surface area contributed by atoms with E-state index in [4.69, 9.17) is 35.0 Å². The molecule has 13 nitrogen and oxygen atoms in total. The first-order chi connectivity index (χ1) is 23.5. The van der Waals surface area contributed by atoms with E-state index >= 15 is 9.59 Å². The maximum atomic E-state index is 15.5. The molecule has 4 aliphatic rings. The molecule has 0 fully saturated rings. The van der Waals surface area contributed by atoms with Gasteiger partial charge in [0.05, 0.1) is 46.0 Å². The molecule has 1 amide bonds. The van der Waals surface area contributed by atoms with E-state index in [-0.39, 0.29) is 34.0 Å². The molecule has 254 valence electrons. The number of ketones is 1. The van der Waals surface area contributed by atoms with Crippen molar-refractivity contribution in [3.05, 3.63) is 102 Å². The predicted molar refractivity (Wildman–Crippen MR) is 175 cm³/mol. The second kappa shape index (κ2) is 12.5. The lowest BCUT2D eigenvalue weighted by atomic mass is 9.56. The highest BCUT2D eigenvalue weighted by Crippen LogP contribution is 2.63. The van der Waals surface area contributed by atoms with Crippen molar-refractivity contribution in [2.45, 2.75) is 31.2 Å². The minimum atomic E-state index is -2.24. The highest BCUT2D eigenvalue weighted by molar-refractivity contribution is 6.31. The number of carbonyl (C=O) groups excluding carboxylic acids is 4. The Balaban J connectivity index is 1.87. The average Bonchev–Trinajstić information content (AvgIpc) is 3.18. The fraction of sp³-hybridized carbons (Fsp3) is 0.314. The number of halogens is 1. The average molecular weight is 691 g/mol. The first-order valence-electron chi connectivity index (χ1n) is 15.3. The van der Waals surface area contributed by atoms with Gasteiger partial charge in [-0.05, 0) is 54.4 Å². The van der Waals surface area contributed by atoms with Gasteiger partial charge in [0.1, 0.15) is 33.9 Å². The molecule has 5 heterocycles. The third-order valence-corrected chi connectivity index (χ3v) is 9.52. The van der Waals surface area contributed by atoms with Gasteiger partial charge in [0.2, 0.25) is 5.91 Å². The number of ether oxygens (including phenoxy) is 4. The number of rotatable bonds is 9. The van der Waals surface area contributed by atoms with Crippen LogP contribution in [-0.4, -0.2) is 58.6 Å². The molecule has 0 aliphatic carbocycles. The number of amides is 1. The lowest BCUT2D eigenvalue weighted by molar-refractivity contribution is -0.141. The third kappa shape index (κ3) is 4.74. The number of hydrogen-bond acceptors (Lipinski definition) is 12. The highest BCUT2D eigenvalue weighted by Gasteiger charge is 2.71. The molecule has 3 atom stereocenters. The third-order valence-electron chi connectivity index (χ3n) is 9.28. The maximum Gasteiger partial charge on any atom is 0.363 e. The van der Waals surface area contributed by atoms with Crippen LogP contribution in [0.25, 0.3) is 0 Å². The number of hydrogen-bond donors (Lipinski definition) is 0. The molecule has 14 heteroatoms. The molecular formula is C35H31ClN2O11. The van der Waals surface area contributed by atoms with Crippen LogP contribution in [-0.2, 0) is 29.3 Å². The van der Waals surface area contributed by atoms with Gasteiger partial charge in [0.15, 0.2) is 5.78 Å². The SMILES string of the molecule is CCCCN1C(=O)[C@]2(c3cc(Cl)ccc31)C1c3c(OC)cc(c(=O)oc3=O)N1C(C(=O)OC)=C(C(=O)OC)[C@@H]2C(=O)c1ccc(OC)cc1. The Morgan fingerprint density at radius 1 is 0.878 bits per heavy atom. The summed E-state index contributed by atoms with van der Waals surface area (Å²) in [7, 11) is 4.79. The van der Waals surface area contributed by atoms with Crippen LogP contribution in [0.4, 0.5) is 11.4 Å². The summed E-state index contributed by atoms with van der Waals surface area (Å²) in [6.07, 6.45) is 1.23. The minimum Gasteiger partial charge on any atom is -0.497 e. The highest BCUT2D eigenvalue weighted by atomic mass is 35.5. The minimum absolute atomic E-state index is 0.0326. The van der Waals surface area contributed by atoms with Crippen LogP contribution in [0.5, 0.6) is 11.5 Å². The van der Waals surface area contributed by atoms with Gasteiger partial charge in [-0.3, -0.25) is 9.59 Å². The summed E-state index contributed by atoms with van der Waals surface area (Å²) in [6, 6.07) is 10.1. The van der Waals surface area contributed by atoms with Crippen molar-refractivity contribution in [1.82, 2.24) is 0 Å². The number of esters is 2. The summed E-state index contributed by atoms with van der Waals surface area (Å²) in [5.41, 5.74) is -5.98. The van der Waals surface area contributed by atoms with Crippen LogP contribution in [0.3, 0.4) is 0 Å². The zero-order valence-corrected chi connectivity index (χ0v) is 27.9. The summed E-state index contributed by atoms with van der Waals surface area (Å²) in [4.78, 5) is 88.6. The van der Waals surface area contributed by atoms with Crippen LogP contribution < -0.4 is 30.5 Å². The van der Waals surface area contributed by atoms with Gasteiger partial charge in [-0.25, -0.2) is 19.2 Å². The van der Waals surface area contributed by atoms with Gasteiger partial charge >= 0.3 is 23.2 Å². The number of unbranched alkanes of at least 4 members (excludes halogenated alkanes) is 1. The first kappa shape index (κ1) is 33.5. The number of fused-ring (bicyclic) bond motifs is 5. The monoisotopic (exact) mass is 690 g/mol. The van der Waals surface area contributed by atoms with Crippen molar-refractivity contribution < 1.29 is 42.5 Å². The van der Waals surface area contributed by atoms with E-state index in [1.807, 2.05) is 6.92 Å². The van der Waals surface area contributed by atoms with Crippen LogP contribution in [0.1, 0.15) is 47.3 Å². The molecule has 1 spiro atoms. The number of benzene rings is 2. The quantitative estimate of drug-likeness (QED) is 0.237. The maximum absolute atomic E-state index is 15.5. The molecule has 0 N–H and O–H groups in total. The van der Waals surface area contributed by atoms with E-state index in [0.29, 0.717) is 24.3 Å². The Morgan fingerprint density at radius 3 is 2.18 bits per heavy atom. The predicted octanol–water partition coefficient (Wildman–Crippen LogP) is 3.73. The van der Waals surface area contributed by atoms with E-state index in [2.05, 4.69) is 0 Å². The van der Waals surface area contributed by atoms with Gasteiger partial charge in [-0.1, -0.05) is 24.9 Å². The normalized spacial score (nSPS) is 20.2. The lowest BCUT2D eigenvalue weighted by Crippen LogP contribution is -2.63. The van der Waals surface area contributed by atoms with Crippen molar-refractivity contribution >= 4 is 46.6 Å². The first-order valence-corrected chi connectivity index (χ1v) is 15.7. The molecule has 0 radical (unpaired) electrons. The number of Topliss-reactive ketones (excluding diaryl/α,β-unsaturated/α-hetero) is 1. The Hall–Kier alpha value is -5.43. The summed E-state index contributed by atoms with van der Waals surface area (Å²) in [6.45, 7) is 2.12. The molecule has 49 heavy (non-hydrogen) atoms. The second-order valence-electron chi connectivity index (χ2n) is 11.6. The Morgan fingerprint density at radius 2 is 1.57 bits per heavy atom. The Kier molecular flexibility index (Phi) is 8.57. The standard InChI is InChI=1S/C35H31ClN2O11/c1-6-7-14-37-21-13-10-18(36)15-20(21)35(34(37)44)26(28(39)17-8-11-19(45-2)12-9-17)25(31(41)47-4)27(33(43)48-5)38-22-16-23(46-3)24(29(35)38)32(42)49-30(22)40/h8-13,15-16,26,29H,6-7,14H2,1-5H3/t26-,29?,35+/m1/s1. The fourth-order valence-corrected chi connectivity index (χ4v) is 7.40. The number of methoxy groups -OCH3 is 4. The largest absolute Gasteiger partial charge is 0.497 e. The van der Waals surface area contributed by atoms with Crippen LogP contribution >= 0.6 is 11.6 Å². The molecule has 2 aromatic carbocycles. The van der Waals surface area contributed by atoms with E-state index in [1.165, 1.54) is 55.5 Å². The molecule has 2 bridgehead atoms. The van der Waals surface area contributed by atoms with E-state index < -0.39 is 69.2 Å². The van der Waals surface area contributed by atoms with Crippen molar-refractivity contribution in [3.8, 4) is 11.5 Å². The number of carbonyl (C=O) groups is 4. The Labute approximate surface area is 284 Å². The zero-order chi connectivity index (χ0) is 35.4. The van der Waals surface area contributed by atoms with Crippen molar-refractivity contribution in [3.63, 3.8) is 0 Å². The topological polar surface area (TPSA) is 159 Å². The smallest absolute Gasteiger partial charge is 0.363 e. The van der Waals surface area contributed by atoms with E-state index in [9.17, 15) is 19.2 Å². The summed E-state index contributed by atoms with van der Waals surface area (Å²) in [5.74, 6) is -5.36. The lowest BCUT2D eigenvalue weighted by Gasteiger charge is -2.51. The summed E-state index contributed by atoms with van der Waals surface area (Å²) in [5, 5.41) is 0.172. The van der Waals surface area contributed by atoms with E-state index in [0.717, 1.165) is 19.1 Å². The van der Waals surface area contributed by atoms with Crippen LogP contribution in [0.15, 0.2) is 73.8 Å². The number of nitrogens with zero attached hydrogens (tertiary/aromatic N) is 2. The van der Waals surface area contributed by atoms with Gasteiger partial charge in [0, 0.05) is 28.9 Å². The van der Waals surface area contributed by atoms with Crippen LogP contribution in [0.2, 0.25) is 5.02 Å². The summed E-state index contributed by atoms with van der Waals surface area (Å²) >= 11 is 6.61. The van der Waals surface area contributed by atoms with Gasteiger partial charge in [-0.2, -0.15) is 0 Å². The molecule has 0 saturated carbocycles. The number of anilines is 2. The molecule has 1 aromatic heterocycles. The van der Waals surface area contributed by atoms with Crippen LogP contribution in [0, 0.1) is 5.92 Å². The zero-order valence-electron chi connectivity index (χ0n) is 27.2. The van der Waals surface area contributed by atoms with Gasteiger partial charge in [0.25, 0.3) is 0 Å². The van der Waals surface area contributed by atoms with Crippen molar-refractivity contribution in [1.29, 1.82) is 0 Å². The second-order valence-corrected chi connectivity index (χ2v) is 12.0.